The van der Waals surface area contributed by atoms with Gasteiger partial charge < -0.3 is 10.2 Å². The molecule has 2 heterocycles. The van der Waals surface area contributed by atoms with Gasteiger partial charge in [-0.15, -0.1) is 0 Å². The van der Waals surface area contributed by atoms with Crippen molar-refractivity contribution in [3.63, 3.8) is 0 Å². The molecule has 0 radical (unpaired) electrons. The van der Waals surface area contributed by atoms with Crippen LogP contribution in [0.25, 0.3) is 0 Å². The number of nitrogens with zero attached hydrogens (tertiary/aromatic N) is 1. The van der Waals surface area contributed by atoms with Crippen LogP contribution in [0.15, 0.2) is 12.1 Å². The zero-order valence-electron chi connectivity index (χ0n) is 10.4. The van der Waals surface area contributed by atoms with Crippen LogP contribution in [-0.2, 0) is 6.42 Å². The number of benzene rings is 1. The lowest BCUT2D eigenvalue weighted by Gasteiger charge is -2.38. The molecule has 0 unspecified atom stereocenters. The van der Waals surface area contributed by atoms with Crippen LogP contribution in [0, 0.1) is 13.8 Å². The Balaban J connectivity index is 2.06. The van der Waals surface area contributed by atoms with E-state index in [2.05, 4.69) is 43.1 Å². The highest BCUT2D eigenvalue weighted by atomic mass is 15.3. The molecule has 0 amide bonds. The summed E-state index contributed by atoms with van der Waals surface area (Å²) in [5.41, 5.74) is 5.88. The highest BCUT2D eigenvalue weighted by Gasteiger charge is 2.35. The van der Waals surface area contributed by atoms with E-state index in [0.29, 0.717) is 12.1 Å². The van der Waals surface area contributed by atoms with Gasteiger partial charge in [0.15, 0.2) is 0 Å². The Hall–Kier alpha value is -1.02. The minimum atomic E-state index is 0.627. The van der Waals surface area contributed by atoms with Crippen LogP contribution in [0.5, 0.6) is 0 Å². The Bertz CT molecular complexity index is 425. The summed E-state index contributed by atoms with van der Waals surface area (Å²) in [6, 6.07) is 6.07. The molecule has 0 saturated carbocycles. The molecular weight excluding hydrogens is 196 g/mol. The molecule has 1 fully saturated rings. The van der Waals surface area contributed by atoms with Gasteiger partial charge in [0.25, 0.3) is 0 Å². The number of nitrogens with one attached hydrogen (secondary N) is 1. The standard InChI is InChI=1S/C14H20N2/c1-9-4-12-6-13-8-15-7-11(3)16(13)14(12)5-10(9)2/h4-5,11,13,15H,6-8H2,1-3H3/t11-,13+/m1/s1. The molecule has 2 heteroatoms. The van der Waals surface area contributed by atoms with Gasteiger partial charge in [0.05, 0.1) is 0 Å². The van der Waals surface area contributed by atoms with E-state index in [4.69, 9.17) is 0 Å². The lowest BCUT2D eigenvalue weighted by atomic mass is 10.0. The summed E-state index contributed by atoms with van der Waals surface area (Å²) in [4.78, 5) is 2.62. The molecule has 0 spiro atoms. The first-order valence-corrected chi connectivity index (χ1v) is 6.26. The molecule has 1 N–H and O–H groups in total. The Kier molecular flexibility index (Phi) is 2.21. The molecule has 1 aromatic rings. The summed E-state index contributed by atoms with van der Waals surface area (Å²) in [6.45, 7) is 9.01. The fourth-order valence-corrected chi connectivity index (χ4v) is 3.14. The maximum absolute atomic E-state index is 3.53. The van der Waals surface area contributed by atoms with Crippen molar-refractivity contribution < 1.29 is 0 Å². The van der Waals surface area contributed by atoms with Crippen molar-refractivity contribution in [1.29, 1.82) is 0 Å². The number of hydrogen-bond acceptors (Lipinski definition) is 2. The topological polar surface area (TPSA) is 15.3 Å². The number of rotatable bonds is 0. The van der Waals surface area contributed by atoms with E-state index in [1.807, 2.05) is 0 Å². The number of hydrogen-bond donors (Lipinski definition) is 1. The van der Waals surface area contributed by atoms with Crippen molar-refractivity contribution in [1.82, 2.24) is 5.32 Å². The number of anilines is 1. The van der Waals surface area contributed by atoms with Crippen molar-refractivity contribution in [2.45, 2.75) is 39.3 Å². The van der Waals surface area contributed by atoms with Gasteiger partial charge in [-0.1, -0.05) is 6.07 Å². The Morgan fingerprint density at radius 1 is 1.19 bits per heavy atom. The average molecular weight is 216 g/mol. The Morgan fingerprint density at radius 3 is 2.75 bits per heavy atom. The number of fused-ring (bicyclic) bond motifs is 3. The second-order valence-corrected chi connectivity index (χ2v) is 5.34. The lowest BCUT2D eigenvalue weighted by Crippen LogP contribution is -2.54. The normalized spacial score (nSPS) is 27.8. The van der Waals surface area contributed by atoms with E-state index in [9.17, 15) is 0 Å². The summed E-state index contributed by atoms with van der Waals surface area (Å²) < 4.78 is 0. The van der Waals surface area contributed by atoms with Crippen LogP contribution in [0.3, 0.4) is 0 Å². The molecule has 1 aromatic carbocycles. The van der Waals surface area contributed by atoms with Gasteiger partial charge in [-0.2, -0.15) is 0 Å². The van der Waals surface area contributed by atoms with E-state index < -0.39 is 0 Å². The summed E-state index contributed by atoms with van der Waals surface area (Å²) in [7, 11) is 0. The van der Waals surface area contributed by atoms with Gasteiger partial charge in [-0.05, 0) is 49.9 Å². The van der Waals surface area contributed by atoms with Crippen LogP contribution in [0.4, 0.5) is 5.69 Å². The minimum absolute atomic E-state index is 0.627. The zero-order chi connectivity index (χ0) is 11.3. The molecular formula is C14H20N2. The van der Waals surface area contributed by atoms with Crippen LogP contribution in [-0.4, -0.2) is 25.2 Å². The van der Waals surface area contributed by atoms with Crippen LogP contribution in [0.1, 0.15) is 23.6 Å². The molecule has 86 valence electrons. The van der Waals surface area contributed by atoms with Crippen LogP contribution < -0.4 is 10.2 Å². The van der Waals surface area contributed by atoms with Crippen molar-refractivity contribution in [2.24, 2.45) is 0 Å². The second kappa shape index (κ2) is 3.49. The third kappa shape index (κ3) is 1.36. The largest absolute Gasteiger partial charge is 0.363 e. The number of aryl methyl sites for hydroxylation is 2. The maximum Gasteiger partial charge on any atom is 0.0459 e. The second-order valence-electron chi connectivity index (χ2n) is 5.34. The van der Waals surface area contributed by atoms with Crippen molar-refractivity contribution in [2.75, 3.05) is 18.0 Å². The fourth-order valence-electron chi connectivity index (χ4n) is 3.14. The first-order valence-electron chi connectivity index (χ1n) is 6.26. The summed E-state index contributed by atoms with van der Waals surface area (Å²) in [5, 5.41) is 3.53. The number of piperazine rings is 1. The predicted molar refractivity (Wildman–Crippen MR) is 68.2 cm³/mol. The monoisotopic (exact) mass is 216 g/mol. The molecule has 0 aliphatic carbocycles. The van der Waals surface area contributed by atoms with E-state index in [1.54, 1.807) is 5.56 Å². The van der Waals surface area contributed by atoms with Crippen LogP contribution >= 0.6 is 0 Å². The Labute approximate surface area is 97.6 Å². The van der Waals surface area contributed by atoms with Crippen LogP contribution in [0.2, 0.25) is 0 Å². The van der Waals surface area contributed by atoms with Crippen molar-refractivity contribution >= 4 is 5.69 Å². The molecule has 3 rings (SSSR count). The lowest BCUT2D eigenvalue weighted by molar-refractivity contribution is 0.430. The van der Waals surface area contributed by atoms with Gasteiger partial charge in [-0.3, -0.25) is 0 Å². The van der Waals surface area contributed by atoms with Gasteiger partial charge in [0.1, 0.15) is 0 Å². The van der Waals surface area contributed by atoms with E-state index in [0.717, 1.165) is 13.1 Å². The molecule has 1 saturated heterocycles. The first-order chi connectivity index (χ1) is 7.66. The highest BCUT2D eigenvalue weighted by molar-refractivity contribution is 5.63. The first kappa shape index (κ1) is 10.2. The molecule has 2 atom stereocenters. The molecule has 16 heavy (non-hydrogen) atoms. The van der Waals surface area contributed by atoms with Gasteiger partial charge in [-0.25, -0.2) is 0 Å². The smallest absolute Gasteiger partial charge is 0.0459 e. The summed E-state index contributed by atoms with van der Waals surface area (Å²) in [6.07, 6.45) is 1.22. The quantitative estimate of drug-likeness (QED) is 0.714. The predicted octanol–water partition coefficient (Wildman–Crippen LogP) is 2.03. The molecule has 0 bridgehead atoms. The summed E-state index contributed by atoms with van der Waals surface area (Å²) >= 11 is 0. The third-order valence-electron chi connectivity index (χ3n) is 4.12. The molecule has 2 aliphatic heterocycles. The van der Waals surface area contributed by atoms with E-state index in [-0.39, 0.29) is 0 Å². The van der Waals surface area contributed by atoms with Gasteiger partial charge in [0.2, 0.25) is 0 Å². The third-order valence-corrected chi connectivity index (χ3v) is 4.12. The minimum Gasteiger partial charge on any atom is -0.363 e. The van der Waals surface area contributed by atoms with E-state index >= 15 is 0 Å². The summed E-state index contributed by atoms with van der Waals surface area (Å²) in [5.74, 6) is 0. The molecule has 2 nitrogen and oxygen atoms in total. The van der Waals surface area contributed by atoms with Gasteiger partial charge in [0, 0.05) is 30.9 Å². The molecule has 2 aliphatic rings. The SMILES string of the molecule is Cc1cc2c(cc1C)N1[C@H](CNC[C@H]1C)C2. The van der Waals surface area contributed by atoms with E-state index in [1.165, 1.54) is 23.2 Å². The highest BCUT2D eigenvalue weighted by Crippen LogP contribution is 2.36. The fraction of sp³-hybridized carbons (Fsp3) is 0.571. The van der Waals surface area contributed by atoms with Crippen molar-refractivity contribution in [3.8, 4) is 0 Å². The average Bonchev–Trinajstić information content (AvgIpc) is 2.58. The van der Waals surface area contributed by atoms with Crippen molar-refractivity contribution in [3.05, 3.63) is 28.8 Å². The van der Waals surface area contributed by atoms with Gasteiger partial charge >= 0.3 is 0 Å². The maximum atomic E-state index is 3.53. The molecule has 0 aromatic heterocycles. The Morgan fingerprint density at radius 2 is 1.94 bits per heavy atom. The zero-order valence-corrected chi connectivity index (χ0v) is 10.4.